The summed E-state index contributed by atoms with van der Waals surface area (Å²) in [5.41, 5.74) is 0. The number of carboxylic acid groups (broad SMARTS) is 3. The molecule has 32 heavy (non-hydrogen) atoms. The Kier molecular flexibility index (Phi) is 13.5. The van der Waals surface area contributed by atoms with Gasteiger partial charge in [0.05, 0.1) is 0 Å². The largest absolute Gasteiger partial charge is 0.480 e. The van der Waals surface area contributed by atoms with Crippen molar-refractivity contribution in [3.05, 3.63) is 0 Å². The lowest BCUT2D eigenvalue weighted by molar-refractivity contribution is -0.143. The second-order valence-corrected chi connectivity index (χ2v) is 7.64. The topological polar surface area (TPSA) is 199 Å². The van der Waals surface area contributed by atoms with E-state index in [2.05, 4.69) is 16.0 Å². The average molecular weight is 459 g/mol. The molecule has 0 aliphatic carbocycles. The minimum atomic E-state index is -1.40. The molecule has 3 unspecified atom stereocenters. The van der Waals surface area contributed by atoms with Crippen LogP contribution in [0.25, 0.3) is 0 Å². The molecule has 0 heterocycles. The van der Waals surface area contributed by atoms with Crippen LogP contribution in [0.1, 0.15) is 65.7 Å². The molecule has 0 aromatic heterocycles. The number of carbonyl (C=O) groups is 6. The van der Waals surface area contributed by atoms with Gasteiger partial charge in [0.1, 0.15) is 23.9 Å². The van der Waals surface area contributed by atoms with Gasteiger partial charge in [0.25, 0.3) is 0 Å². The first-order valence-electron chi connectivity index (χ1n) is 10.4. The molecule has 0 aromatic carbocycles. The molecule has 2 amide bonds. The maximum Gasteiger partial charge on any atom is 0.326 e. The lowest BCUT2D eigenvalue weighted by Gasteiger charge is -2.19. The Bertz CT molecular complexity index is 694. The third kappa shape index (κ3) is 12.6. The molecule has 3 atom stereocenters. The van der Waals surface area contributed by atoms with Crippen LogP contribution >= 0.6 is 0 Å². The summed E-state index contributed by atoms with van der Waals surface area (Å²) in [5, 5.41) is 34.9. The number of hydrogen-bond acceptors (Lipinski definition) is 7. The number of ketones is 1. The summed E-state index contributed by atoms with van der Waals surface area (Å²) in [5.74, 6) is -5.39. The third-order valence-corrected chi connectivity index (χ3v) is 4.53. The molecule has 0 saturated heterocycles. The van der Waals surface area contributed by atoms with Gasteiger partial charge in [-0.15, -0.1) is 0 Å². The lowest BCUT2D eigenvalue weighted by atomic mass is 10.1. The smallest absolute Gasteiger partial charge is 0.326 e. The van der Waals surface area contributed by atoms with Crippen LogP contribution in [0.5, 0.6) is 0 Å². The van der Waals surface area contributed by atoms with Gasteiger partial charge in [0, 0.05) is 31.7 Å². The minimum absolute atomic E-state index is 0.00937. The molecule has 0 radical (unpaired) electrons. The Hall–Kier alpha value is -3.02. The summed E-state index contributed by atoms with van der Waals surface area (Å²) >= 11 is 0. The molecule has 0 saturated carbocycles. The number of amides is 2. The SMILES string of the molecule is CCC(=O)CCC(NC(=O)CCC(NC(=O)CCC(NC(C)C)C(=O)O)C(=O)O)C(=O)O. The highest BCUT2D eigenvalue weighted by Gasteiger charge is 2.25. The molecule has 12 nitrogen and oxygen atoms in total. The minimum Gasteiger partial charge on any atom is -0.480 e. The van der Waals surface area contributed by atoms with Gasteiger partial charge in [-0.2, -0.15) is 0 Å². The Morgan fingerprint density at radius 2 is 1.03 bits per heavy atom. The van der Waals surface area contributed by atoms with Crippen molar-refractivity contribution in [2.75, 3.05) is 0 Å². The fourth-order valence-corrected chi connectivity index (χ4v) is 2.76. The van der Waals surface area contributed by atoms with Gasteiger partial charge in [-0.25, -0.2) is 9.59 Å². The summed E-state index contributed by atoms with van der Waals surface area (Å²) in [7, 11) is 0. The fourth-order valence-electron chi connectivity index (χ4n) is 2.76. The molecule has 0 fully saturated rings. The fraction of sp³-hybridized carbons (Fsp3) is 0.700. The highest BCUT2D eigenvalue weighted by molar-refractivity contribution is 5.86. The molecule has 0 spiro atoms. The predicted octanol–water partition coefficient (Wildman–Crippen LogP) is -0.104. The van der Waals surface area contributed by atoms with Crippen LogP contribution < -0.4 is 16.0 Å². The van der Waals surface area contributed by atoms with Crippen molar-refractivity contribution in [2.24, 2.45) is 0 Å². The molecule has 0 rings (SSSR count). The van der Waals surface area contributed by atoms with E-state index in [1.54, 1.807) is 20.8 Å². The number of Topliss-reactive ketones (excluding diaryl/α,β-unsaturated/α-hetero) is 1. The van der Waals surface area contributed by atoms with Gasteiger partial charge < -0.3 is 31.3 Å². The normalized spacial score (nSPS) is 13.6. The molecule has 0 aromatic rings. The van der Waals surface area contributed by atoms with E-state index in [0.717, 1.165) is 0 Å². The maximum atomic E-state index is 12.1. The van der Waals surface area contributed by atoms with Crippen molar-refractivity contribution < 1.29 is 44.1 Å². The summed E-state index contributed by atoms with van der Waals surface area (Å²) in [6.45, 7) is 5.13. The van der Waals surface area contributed by atoms with Crippen molar-refractivity contribution in [1.29, 1.82) is 0 Å². The number of hydrogen-bond donors (Lipinski definition) is 6. The van der Waals surface area contributed by atoms with E-state index in [-0.39, 0.29) is 56.8 Å². The highest BCUT2D eigenvalue weighted by atomic mass is 16.4. The van der Waals surface area contributed by atoms with Crippen LogP contribution in [0, 0.1) is 0 Å². The van der Waals surface area contributed by atoms with Crippen molar-refractivity contribution >= 4 is 35.5 Å². The van der Waals surface area contributed by atoms with Crippen LogP contribution in [0.15, 0.2) is 0 Å². The Balaban J connectivity index is 4.69. The maximum absolute atomic E-state index is 12.1. The van der Waals surface area contributed by atoms with Gasteiger partial charge in [0.2, 0.25) is 11.8 Å². The second-order valence-electron chi connectivity index (χ2n) is 7.64. The zero-order valence-corrected chi connectivity index (χ0v) is 18.6. The van der Waals surface area contributed by atoms with Crippen LogP contribution in [0.4, 0.5) is 0 Å². The van der Waals surface area contributed by atoms with E-state index in [1.165, 1.54) is 0 Å². The first kappa shape index (κ1) is 29.0. The summed E-state index contributed by atoms with van der Waals surface area (Å²) in [6, 6.07) is -3.78. The molecular weight excluding hydrogens is 426 g/mol. The van der Waals surface area contributed by atoms with E-state index < -0.39 is 47.8 Å². The molecular formula is C20H33N3O9. The zero-order chi connectivity index (χ0) is 24.8. The van der Waals surface area contributed by atoms with Crippen molar-refractivity contribution in [2.45, 2.75) is 89.9 Å². The molecule has 0 bridgehead atoms. The lowest BCUT2D eigenvalue weighted by Crippen LogP contribution is -2.45. The van der Waals surface area contributed by atoms with Gasteiger partial charge >= 0.3 is 17.9 Å². The van der Waals surface area contributed by atoms with Crippen LogP contribution in [-0.4, -0.2) is 75.0 Å². The van der Waals surface area contributed by atoms with Crippen molar-refractivity contribution in [3.63, 3.8) is 0 Å². The molecule has 0 aliphatic heterocycles. The quantitative estimate of drug-likeness (QED) is 0.171. The van der Waals surface area contributed by atoms with E-state index in [9.17, 15) is 33.9 Å². The van der Waals surface area contributed by atoms with Gasteiger partial charge in [-0.05, 0) is 19.3 Å². The third-order valence-electron chi connectivity index (χ3n) is 4.53. The Labute approximate surface area is 186 Å². The monoisotopic (exact) mass is 459 g/mol. The second kappa shape index (κ2) is 14.9. The summed E-state index contributed by atoms with van der Waals surface area (Å²) in [6.07, 6.45) is -0.787. The standard InChI is InChI=1S/C20H33N3O9/c1-4-12(24)5-6-14(19(29)30)22-17(26)10-8-15(20(31)32)23-16(25)9-7-13(18(27)28)21-11(2)3/h11,13-15,21H,4-10H2,1-3H3,(H,22,26)(H,23,25)(H,27,28)(H,29,30)(H,31,32). The van der Waals surface area contributed by atoms with E-state index in [4.69, 9.17) is 10.2 Å². The molecule has 182 valence electrons. The number of rotatable bonds is 17. The average Bonchev–Trinajstić information content (AvgIpc) is 2.69. The van der Waals surface area contributed by atoms with Crippen molar-refractivity contribution in [1.82, 2.24) is 16.0 Å². The van der Waals surface area contributed by atoms with E-state index in [1.807, 2.05) is 0 Å². The number of carbonyl (C=O) groups excluding carboxylic acids is 3. The Morgan fingerprint density at radius 1 is 0.656 bits per heavy atom. The Morgan fingerprint density at radius 3 is 1.38 bits per heavy atom. The summed E-state index contributed by atoms with van der Waals surface area (Å²) < 4.78 is 0. The molecule has 0 aliphatic rings. The summed E-state index contributed by atoms with van der Waals surface area (Å²) in [4.78, 5) is 69.3. The van der Waals surface area contributed by atoms with Crippen LogP contribution in [0.2, 0.25) is 0 Å². The molecule has 12 heteroatoms. The zero-order valence-electron chi connectivity index (χ0n) is 18.6. The van der Waals surface area contributed by atoms with Crippen molar-refractivity contribution in [3.8, 4) is 0 Å². The predicted molar refractivity (Wildman–Crippen MR) is 112 cm³/mol. The van der Waals surface area contributed by atoms with Gasteiger partial charge in [-0.1, -0.05) is 20.8 Å². The number of aliphatic carboxylic acids is 3. The number of carboxylic acids is 3. The van der Waals surface area contributed by atoms with Gasteiger partial charge in [-0.3, -0.25) is 19.2 Å². The first-order valence-corrected chi connectivity index (χ1v) is 10.4. The first-order chi connectivity index (χ1) is 14.9. The van der Waals surface area contributed by atoms with Crippen LogP contribution in [0.3, 0.4) is 0 Å². The molecule has 6 N–H and O–H groups in total. The van der Waals surface area contributed by atoms with Gasteiger partial charge in [0.15, 0.2) is 0 Å². The highest BCUT2D eigenvalue weighted by Crippen LogP contribution is 2.05. The van der Waals surface area contributed by atoms with E-state index >= 15 is 0 Å². The number of nitrogens with one attached hydrogen (secondary N) is 3. The van der Waals surface area contributed by atoms with E-state index in [0.29, 0.717) is 0 Å². The van der Waals surface area contributed by atoms with Crippen LogP contribution in [-0.2, 0) is 28.8 Å².